The van der Waals surface area contributed by atoms with E-state index < -0.39 is 5.82 Å². The second-order valence-corrected chi connectivity index (χ2v) is 5.50. The van der Waals surface area contributed by atoms with Crippen molar-refractivity contribution < 1.29 is 14.3 Å². The molecule has 0 saturated carbocycles. The standard InChI is InChI=1S/C17H17ClFNO2/c1-11(13-6-8-15(19)14(18)10-13)20-17(22)9-7-12-4-2-3-5-16(12)21/h2-6,8,10-11,21H,7,9H2,1H3,(H,20,22). The maximum absolute atomic E-state index is 13.1. The molecule has 1 atom stereocenters. The molecule has 0 aliphatic heterocycles. The van der Waals surface area contributed by atoms with Crippen LogP contribution in [0.25, 0.3) is 0 Å². The molecule has 0 saturated heterocycles. The number of halogens is 2. The van der Waals surface area contributed by atoms with Crippen LogP contribution in [0.5, 0.6) is 5.75 Å². The normalized spacial score (nSPS) is 12.0. The van der Waals surface area contributed by atoms with Crippen LogP contribution in [-0.4, -0.2) is 11.0 Å². The van der Waals surface area contributed by atoms with Gasteiger partial charge in [-0.25, -0.2) is 4.39 Å². The number of aryl methyl sites for hydroxylation is 1. The lowest BCUT2D eigenvalue weighted by atomic mass is 10.1. The molecule has 2 aromatic rings. The summed E-state index contributed by atoms with van der Waals surface area (Å²) in [6, 6.07) is 11.0. The van der Waals surface area contributed by atoms with Crippen molar-refractivity contribution in [3.63, 3.8) is 0 Å². The van der Waals surface area contributed by atoms with E-state index >= 15 is 0 Å². The molecule has 1 amide bonds. The van der Waals surface area contributed by atoms with Crippen LogP contribution in [0.2, 0.25) is 5.02 Å². The topological polar surface area (TPSA) is 49.3 Å². The maximum atomic E-state index is 13.1. The molecule has 1 unspecified atom stereocenters. The van der Waals surface area contributed by atoms with Crippen LogP contribution < -0.4 is 5.32 Å². The van der Waals surface area contributed by atoms with Crippen molar-refractivity contribution >= 4 is 17.5 Å². The van der Waals surface area contributed by atoms with Crippen molar-refractivity contribution in [1.82, 2.24) is 5.32 Å². The number of phenolic OH excluding ortho intramolecular Hbond substituents is 1. The fourth-order valence-corrected chi connectivity index (χ4v) is 2.34. The molecule has 2 N–H and O–H groups in total. The molecular formula is C17H17ClFNO2. The number of carbonyl (C=O) groups is 1. The van der Waals surface area contributed by atoms with Gasteiger partial charge in [-0.1, -0.05) is 35.9 Å². The number of benzene rings is 2. The van der Waals surface area contributed by atoms with Gasteiger partial charge >= 0.3 is 0 Å². The lowest BCUT2D eigenvalue weighted by Gasteiger charge is -2.15. The van der Waals surface area contributed by atoms with Crippen molar-refractivity contribution in [2.24, 2.45) is 0 Å². The number of hydrogen-bond acceptors (Lipinski definition) is 2. The zero-order valence-corrected chi connectivity index (χ0v) is 12.9. The Morgan fingerprint density at radius 2 is 2.05 bits per heavy atom. The van der Waals surface area contributed by atoms with Crippen LogP contribution in [-0.2, 0) is 11.2 Å². The van der Waals surface area contributed by atoms with Crippen molar-refractivity contribution in [2.75, 3.05) is 0 Å². The summed E-state index contributed by atoms with van der Waals surface area (Å²) in [5.41, 5.74) is 1.47. The Hall–Kier alpha value is -2.07. The predicted molar refractivity (Wildman–Crippen MR) is 84.4 cm³/mol. The molecule has 0 aliphatic rings. The van der Waals surface area contributed by atoms with E-state index in [0.29, 0.717) is 6.42 Å². The Morgan fingerprint density at radius 1 is 1.32 bits per heavy atom. The number of rotatable bonds is 5. The number of aromatic hydroxyl groups is 1. The van der Waals surface area contributed by atoms with Gasteiger partial charge in [-0.3, -0.25) is 4.79 Å². The van der Waals surface area contributed by atoms with E-state index in [9.17, 15) is 14.3 Å². The van der Waals surface area contributed by atoms with Crippen LogP contribution in [0, 0.1) is 5.82 Å². The number of nitrogens with one attached hydrogen (secondary N) is 1. The third-order valence-corrected chi connectivity index (χ3v) is 3.72. The van der Waals surface area contributed by atoms with E-state index in [4.69, 9.17) is 11.6 Å². The minimum absolute atomic E-state index is 0.0350. The van der Waals surface area contributed by atoms with Gasteiger partial charge in [0.2, 0.25) is 5.91 Å². The highest BCUT2D eigenvalue weighted by Crippen LogP contribution is 2.21. The first-order chi connectivity index (χ1) is 10.5. The molecular weight excluding hydrogens is 305 g/mol. The maximum Gasteiger partial charge on any atom is 0.220 e. The van der Waals surface area contributed by atoms with Gasteiger partial charge in [-0.05, 0) is 42.7 Å². The summed E-state index contributed by atoms with van der Waals surface area (Å²) < 4.78 is 13.1. The number of amides is 1. The first kappa shape index (κ1) is 16.3. The highest BCUT2D eigenvalue weighted by atomic mass is 35.5. The van der Waals surface area contributed by atoms with Gasteiger partial charge < -0.3 is 10.4 Å². The number of phenols is 1. The smallest absolute Gasteiger partial charge is 0.220 e. The Morgan fingerprint density at radius 3 is 2.73 bits per heavy atom. The molecule has 0 heterocycles. The van der Waals surface area contributed by atoms with Crippen molar-refractivity contribution in [3.05, 3.63) is 64.4 Å². The Balaban J connectivity index is 1.91. The van der Waals surface area contributed by atoms with Crippen LogP contribution in [0.15, 0.2) is 42.5 Å². The molecule has 0 fully saturated rings. The first-order valence-corrected chi connectivity index (χ1v) is 7.36. The monoisotopic (exact) mass is 321 g/mol. The molecule has 5 heteroatoms. The van der Waals surface area contributed by atoms with Gasteiger partial charge in [0, 0.05) is 6.42 Å². The minimum Gasteiger partial charge on any atom is -0.508 e. The molecule has 0 spiro atoms. The van der Waals surface area contributed by atoms with Crippen molar-refractivity contribution in [1.29, 1.82) is 0 Å². The second kappa shape index (κ2) is 7.27. The van der Waals surface area contributed by atoms with E-state index in [1.165, 1.54) is 12.1 Å². The van der Waals surface area contributed by atoms with Crippen LogP contribution >= 0.6 is 11.6 Å². The van der Waals surface area contributed by atoms with Crippen molar-refractivity contribution in [3.8, 4) is 5.75 Å². The van der Waals surface area contributed by atoms with Gasteiger partial charge in [0.1, 0.15) is 11.6 Å². The summed E-state index contributed by atoms with van der Waals surface area (Å²) in [6.07, 6.45) is 0.715. The third-order valence-electron chi connectivity index (χ3n) is 3.43. The summed E-state index contributed by atoms with van der Waals surface area (Å²) in [5.74, 6) is -0.437. The first-order valence-electron chi connectivity index (χ1n) is 6.98. The molecule has 0 bridgehead atoms. The number of carbonyl (C=O) groups excluding carboxylic acids is 1. The van der Waals surface area contributed by atoms with E-state index in [-0.39, 0.29) is 29.1 Å². The van der Waals surface area contributed by atoms with Crippen LogP contribution in [0.3, 0.4) is 0 Å². The molecule has 116 valence electrons. The largest absolute Gasteiger partial charge is 0.508 e. The zero-order valence-electron chi connectivity index (χ0n) is 12.1. The molecule has 0 radical (unpaired) electrons. The summed E-state index contributed by atoms with van der Waals surface area (Å²) >= 11 is 5.74. The predicted octanol–water partition coefficient (Wildman–Crippen LogP) is 3.99. The van der Waals surface area contributed by atoms with E-state index in [1.54, 1.807) is 24.3 Å². The lowest BCUT2D eigenvalue weighted by molar-refractivity contribution is -0.121. The molecule has 2 rings (SSSR count). The molecule has 0 aliphatic carbocycles. The Labute approximate surface area is 133 Å². The lowest BCUT2D eigenvalue weighted by Crippen LogP contribution is -2.26. The van der Waals surface area contributed by atoms with Gasteiger partial charge in [-0.15, -0.1) is 0 Å². The van der Waals surface area contributed by atoms with E-state index in [1.807, 2.05) is 13.0 Å². The van der Waals surface area contributed by atoms with E-state index in [2.05, 4.69) is 5.32 Å². The summed E-state index contributed by atoms with van der Waals surface area (Å²) in [6.45, 7) is 1.81. The number of para-hydroxylation sites is 1. The van der Waals surface area contributed by atoms with E-state index in [0.717, 1.165) is 11.1 Å². The SMILES string of the molecule is CC(NC(=O)CCc1ccccc1O)c1ccc(F)c(Cl)c1. The van der Waals surface area contributed by atoms with Gasteiger partial charge in [0.05, 0.1) is 11.1 Å². The summed E-state index contributed by atoms with van der Waals surface area (Å²) in [7, 11) is 0. The average Bonchev–Trinajstić information content (AvgIpc) is 2.49. The van der Waals surface area contributed by atoms with Gasteiger partial charge in [-0.2, -0.15) is 0 Å². The van der Waals surface area contributed by atoms with Crippen LogP contribution in [0.1, 0.15) is 30.5 Å². The average molecular weight is 322 g/mol. The quantitative estimate of drug-likeness (QED) is 0.874. The molecule has 22 heavy (non-hydrogen) atoms. The van der Waals surface area contributed by atoms with Gasteiger partial charge in [0.15, 0.2) is 0 Å². The Bertz CT molecular complexity index is 675. The molecule has 3 nitrogen and oxygen atoms in total. The fourth-order valence-electron chi connectivity index (χ4n) is 2.15. The highest BCUT2D eigenvalue weighted by molar-refractivity contribution is 6.30. The van der Waals surface area contributed by atoms with Gasteiger partial charge in [0.25, 0.3) is 0 Å². The summed E-state index contributed by atoms with van der Waals surface area (Å²) in [5, 5.41) is 12.5. The second-order valence-electron chi connectivity index (χ2n) is 5.09. The number of hydrogen-bond donors (Lipinski definition) is 2. The molecule has 0 aromatic heterocycles. The third kappa shape index (κ3) is 4.21. The van der Waals surface area contributed by atoms with Crippen molar-refractivity contribution in [2.45, 2.75) is 25.8 Å². The highest BCUT2D eigenvalue weighted by Gasteiger charge is 2.12. The summed E-state index contributed by atoms with van der Waals surface area (Å²) in [4.78, 5) is 12.0. The minimum atomic E-state index is -0.483. The van der Waals surface area contributed by atoms with Crippen LogP contribution in [0.4, 0.5) is 4.39 Å². The zero-order chi connectivity index (χ0) is 16.1. The molecule has 2 aromatic carbocycles. The fraction of sp³-hybridized carbons (Fsp3) is 0.235. The Kier molecular flexibility index (Phi) is 5.39.